The highest BCUT2D eigenvalue weighted by molar-refractivity contribution is 5.98. The summed E-state index contributed by atoms with van der Waals surface area (Å²) < 4.78 is 5.10. The molecule has 0 aliphatic carbocycles. The van der Waals surface area contributed by atoms with Crippen molar-refractivity contribution in [1.82, 2.24) is 14.7 Å². The fraction of sp³-hybridized carbons (Fsp3) is 0.500. The average molecular weight is 363 g/mol. The molecule has 0 atom stereocenters. The van der Waals surface area contributed by atoms with Gasteiger partial charge in [0.15, 0.2) is 0 Å². The van der Waals surface area contributed by atoms with Crippen LogP contribution in [-0.4, -0.2) is 91.5 Å². The van der Waals surface area contributed by atoms with Crippen LogP contribution in [0.25, 0.3) is 0 Å². The van der Waals surface area contributed by atoms with E-state index in [1.165, 1.54) is 25.3 Å². The Hall–Kier alpha value is -2.61. The summed E-state index contributed by atoms with van der Waals surface area (Å²) in [5.74, 6) is -1.08. The molecule has 2 rings (SSSR count). The first-order valence-corrected chi connectivity index (χ1v) is 8.46. The molecule has 26 heavy (non-hydrogen) atoms. The van der Waals surface area contributed by atoms with Crippen molar-refractivity contribution in [2.75, 3.05) is 53.9 Å². The summed E-state index contributed by atoms with van der Waals surface area (Å²) in [6.07, 6.45) is 0.259. The van der Waals surface area contributed by atoms with Gasteiger partial charge in [-0.05, 0) is 32.3 Å². The molecule has 1 aliphatic heterocycles. The molecule has 0 radical (unpaired) electrons. The average Bonchev–Trinajstić information content (AvgIpc) is 2.80. The van der Waals surface area contributed by atoms with Crippen molar-refractivity contribution in [2.45, 2.75) is 6.42 Å². The zero-order valence-electron chi connectivity index (χ0n) is 15.4. The SMILES string of the molecule is COc1cc(C(=O)O)cc(C(=O)N2CCC(=O)N(CCN(C)C)CC2)c1. The van der Waals surface area contributed by atoms with E-state index in [1.54, 1.807) is 9.80 Å². The first-order chi connectivity index (χ1) is 12.3. The van der Waals surface area contributed by atoms with Gasteiger partial charge in [-0.15, -0.1) is 0 Å². The Morgan fingerprint density at radius 3 is 2.46 bits per heavy atom. The number of hydrogen-bond donors (Lipinski definition) is 1. The number of hydrogen-bond acceptors (Lipinski definition) is 5. The number of methoxy groups -OCH3 is 1. The Morgan fingerprint density at radius 1 is 1.15 bits per heavy atom. The van der Waals surface area contributed by atoms with Gasteiger partial charge >= 0.3 is 5.97 Å². The minimum Gasteiger partial charge on any atom is -0.497 e. The van der Waals surface area contributed by atoms with E-state index in [1.807, 2.05) is 19.0 Å². The van der Waals surface area contributed by atoms with Crippen LogP contribution in [0.3, 0.4) is 0 Å². The van der Waals surface area contributed by atoms with Crippen molar-refractivity contribution < 1.29 is 24.2 Å². The van der Waals surface area contributed by atoms with E-state index in [9.17, 15) is 19.5 Å². The summed E-state index contributed by atoms with van der Waals surface area (Å²) >= 11 is 0. The zero-order valence-corrected chi connectivity index (χ0v) is 15.4. The van der Waals surface area contributed by atoms with Gasteiger partial charge in [0, 0.05) is 44.7 Å². The van der Waals surface area contributed by atoms with Gasteiger partial charge in [-0.25, -0.2) is 4.79 Å². The van der Waals surface area contributed by atoms with Gasteiger partial charge in [-0.1, -0.05) is 0 Å². The number of likely N-dealkylation sites (N-methyl/N-ethyl adjacent to an activating group) is 1. The molecular formula is C18H25N3O5. The summed E-state index contributed by atoms with van der Waals surface area (Å²) in [4.78, 5) is 41.7. The molecule has 8 nitrogen and oxygen atoms in total. The topological polar surface area (TPSA) is 90.4 Å². The molecular weight excluding hydrogens is 338 g/mol. The highest BCUT2D eigenvalue weighted by Crippen LogP contribution is 2.19. The number of ether oxygens (including phenoxy) is 1. The van der Waals surface area contributed by atoms with Crippen LogP contribution in [0.15, 0.2) is 18.2 Å². The van der Waals surface area contributed by atoms with Crippen LogP contribution in [-0.2, 0) is 4.79 Å². The number of amides is 2. The molecule has 1 saturated heterocycles. The lowest BCUT2D eigenvalue weighted by Gasteiger charge is -2.23. The second-order valence-corrected chi connectivity index (χ2v) is 6.48. The quantitative estimate of drug-likeness (QED) is 0.797. The molecule has 1 aromatic rings. The second-order valence-electron chi connectivity index (χ2n) is 6.48. The molecule has 142 valence electrons. The normalized spacial score (nSPS) is 15.2. The lowest BCUT2D eigenvalue weighted by molar-refractivity contribution is -0.130. The number of aromatic carboxylic acids is 1. The number of carboxylic acids is 1. The minimum absolute atomic E-state index is 0.00814. The van der Waals surface area contributed by atoms with Gasteiger partial charge in [0.1, 0.15) is 5.75 Å². The molecule has 1 aliphatic rings. The number of carbonyl (C=O) groups is 3. The van der Waals surface area contributed by atoms with Crippen molar-refractivity contribution in [2.24, 2.45) is 0 Å². The molecule has 1 aromatic carbocycles. The van der Waals surface area contributed by atoms with Gasteiger partial charge in [-0.2, -0.15) is 0 Å². The van der Waals surface area contributed by atoms with Crippen molar-refractivity contribution in [3.63, 3.8) is 0 Å². The first-order valence-electron chi connectivity index (χ1n) is 8.46. The standard InChI is InChI=1S/C18H25N3O5/c1-19(2)6-7-20-8-9-21(5-4-16(20)22)17(23)13-10-14(18(24)25)12-15(11-13)26-3/h10-12H,4-9H2,1-3H3,(H,24,25). The molecule has 1 heterocycles. The fourth-order valence-corrected chi connectivity index (χ4v) is 2.77. The van der Waals surface area contributed by atoms with Crippen molar-refractivity contribution >= 4 is 17.8 Å². The summed E-state index contributed by atoms with van der Waals surface area (Å²) in [5, 5.41) is 9.20. The van der Waals surface area contributed by atoms with Crippen LogP contribution in [0.2, 0.25) is 0 Å². The van der Waals surface area contributed by atoms with E-state index in [0.717, 1.165) is 6.54 Å². The Kier molecular flexibility index (Phi) is 6.57. The third-order valence-corrected chi connectivity index (χ3v) is 4.33. The monoisotopic (exact) mass is 363 g/mol. The summed E-state index contributed by atoms with van der Waals surface area (Å²) in [6, 6.07) is 4.23. The van der Waals surface area contributed by atoms with Crippen LogP contribution < -0.4 is 4.74 Å². The molecule has 0 unspecified atom stereocenters. The Morgan fingerprint density at radius 2 is 1.85 bits per heavy atom. The van der Waals surface area contributed by atoms with Crippen LogP contribution >= 0.6 is 0 Å². The minimum atomic E-state index is -1.13. The highest BCUT2D eigenvalue weighted by Gasteiger charge is 2.25. The molecule has 0 aromatic heterocycles. The van der Waals surface area contributed by atoms with Crippen LogP contribution in [0, 0.1) is 0 Å². The maximum Gasteiger partial charge on any atom is 0.335 e. The molecule has 0 saturated carbocycles. The lowest BCUT2D eigenvalue weighted by atomic mass is 10.1. The maximum absolute atomic E-state index is 12.8. The van der Waals surface area contributed by atoms with E-state index in [4.69, 9.17) is 4.74 Å². The van der Waals surface area contributed by atoms with Crippen LogP contribution in [0.1, 0.15) is 27.1 Å². The van der Waals surface area contributed by atoms with Crippen molar-refractivity contribution in [3.8, 4) is 5.75 Å². The summed E-state index contributed by atoms with van der Waals surface area (Å²) in [6.45, 7) is 2.58. The number of carboxylic acid groups (broad SMARTS) is 1. The largest absolute Gasteiger partial charge is 0.497 e. The van der Waals surface area contributed by atoms with Gasteiger partial charge < -0.3 is 24.5 Å². The molecule has 1 N–H and O–H groups in total. The predicted molar refractivity (Wildman–Crippen MR) is 95.6 cm³/mol. The van der Waals surface area contributed by atoms with Crippen LogP contribution in [0.4, 0.5) is 0 Å². The predicted octanol–water partition coefficient (Wildman–Crippen LogP) is 0.630. The summed E-state index contributed by atoms with van der Waals surface area (Å²) in [7, 11) is 5.31. The Bertz CT molecular complexity index is 689. The molecule has 8 heteroatoms. The van der Waals surface area contributed by atoms with Crippen molar-refractivity contribution in [1.29, 1.82) is 0 Å². The van der Waals surface area contributed by atoms with Gasteiger partial charge in [0.05, 0.1) is 12.7 Å². The summed E-state index contributed by atoms with van der Waals surface area (Å²) in [5.41, 5.74) is 0.238. The first kappa shape index (κ1) is 19.7. The second kappa shape index (κ2) is 8.66. The van der Waals surface area contributed by atoms with E-state index in [-0.39, 0.29) is 29.4 Å². The number of benzene rings is 1. The Labute approximate surface area is 152 Å². The molecule has 0 bridgehead atoms. The van der Waals surface area contributed by atoms with Gasteiger partial charge in [-0.3, -0.25) is 9.59 Å². The Balaban J connectivity index is 2.13. The molecule has 0 spiro atoms. The zero-order chi connectivity index (χ0) is 19.3. The number of carbonyl (C=O) groups excluding carboxylic acids is 2. The molecule has 2 amide bonds. The van der Waals surface area contributed by atoms with E-state index in [0.29, 0.717) is 31.9 Å². The van der Waals surface area contributed by atoms with Crippen LogP contribution in [0.5, 0.6) is 5.75 Å². The molecule has 1 fully saturated rings. The number of rotatable bonds is 6. The fourth-order valence-electron chi connectivity index (χ4n) is 2.77. The van der Waals surface area contributed by atoms with E-state index < -0.39 is 5.97 Å². The smallest absolute Gasteiger partial charge is 0.335 e. The highest BCUT2D eigenvalue weighted by atomic mass is 16.5. The van der Waals surface area contributed by atoms with Crippen molar-refractivity contribution in [3.05, 3.63) is 29.3 Å². The van der Waals surface area contributed by atoms with E-state index >= 15 is 0 Å². The lowest BCUT2D eigenvalue weighted by Crippen LogP contribution is -2.38. The third kappa shape index (κ3) is 4.95. The van der Waals surface area contributed by atoms with Gasteiger partial charge in [0.25, 0.3) is 5.91 Å². The van der Waals surface area contributed by atoms with Gasteiger partial charge in [0.2, 0.25) is 5.91 Å². The van der Waals surface area contributed by atoms with E-state index in [2.05, 4.69) is 0 Å². The number of nitrogens with zero attached hydrogens (tertiary/aromatic N) is 3. The maximum atomic E-state index is 12.8. The third-order valence-electron chi connectivity index (χ3n) is 4.33.